The van der Waals surface area contributed by atoms with Crippen LogP contribution in [0, 0.1) is 0 Å². The second kappa shape index (κ2) is 12.6. The molecule has 0 aliphatic rings. The van der Waals surface area contributed by atoms with E-state index in [1.165, 1.54) is 17.4 Å². The van der Waals surface area contributed by atoms with Crippen molar-refractivity contribution < 1.29 is 22.0 Å². The number of hydrogen-bond acceptors (Lipinski definition) is 8. The van der Waals surface area contributed by atoms with Gasteiger partial charge in [-0.2, -0.15) is 4.72 Å². The fourth-order valence-corrected chi connectivity index (χ4v) is 9.25. The van der Waals surface area contributed by atoms with Gasteiger partial charge in [0.1, 0.15) is 5.78 Å². The summed E-state index contributed by atoms with van der Waals surface area (Å²) in [6.07, 6.45) is 2.38. The molecular formula is C23H31N2O5PS3. The lowest BCUT2D eigenvalue weighted by molar-refractivity contribution is 0.210. The van der Waals surface area contributed by atoms with Gasteiger partial charge in [0.2, 0.25) is 10.0 Å². The Morgan fingerprint density at radius 3 is 2.44 bits per heavy atom. The number of rotatable bonds is 14. The number of nitrogens with zero attached hydrogens (tertiary/aromatic N) is 1. The van der Waals surface area contributed by atoms with Crippen LogP contribution in [0.15, 0.2) is 57.8 Å². The number of fused-ring (bicyclic) bond motifs is 1. The van der Waals surface area contributed by atoms with Gasteiger partial charge in [0.15, 0.2) is 4.34 Å². The SMILES string of the molecule is CCCCSc1nc2ccc(S(=O)(=O)NC(Cc3ccccc3)P(=O)(OCC)OCC)cc2s1. The minimum absolute atomic E-state index is 0.0892. The molecule has 0 saturated carbocycles. The molecule has 0 aliphatic heterocycles. The van der Waals surface area contributed by atoms with Crippen molar-refractivity contribution in [1.82, 2.24) is 9.71 Å². The first-order valence-electron chi connectivity index (χ1n) is 11.3. The lowest BCUT2D eigenvalue weighted by Crippen LogP contribution is -2.37. The summed E-state index contributed by atoms with van der Waals surface area (Å²) in [5.41, 5.74) is 1.58. The van der Waals surface area contributed by atoms with Crippen LogP contribution in [0.5, 0.6) is 0 Å². The maximum atomic E-state index is 13.6. The van der Waals surface area contributed by atoms with Crippen molar-refractivity contribution in [2.75, 3.05) is 19.0 Å². The highest BCUT2D eigenvalue weighted by Crippen LogP contribution is 2.53. The van der Waals surface area contributed by atoms with E-state index in [2.05, 4.69) is 16.6 Å². The van der Waals surface area contributed by atoms with E-state index in [1.54, 1.807) is 37.7 Å². The first-order chi connectivity index (χ1) is 16.3. The van der Waals surface area contributed by atoms with Crippen LogP contribution >= 0.6 is 30.7 Å². The Hall–Kier alpha value is -1.26. The van der Waals surface area contributed by atoms with E-state index >= 15 is 0 Å². The van der Waals surface area contributed by atoms with Gasteiger partial charge >= 0.3 is 7.60 Å². The zero-order chi connectivity index (χ0) is 24.6. The monoisotopic (exact) mass is 542 g/mol. The molecule has 1 aromatic heterocycles. The second-order valence-corrected chi connectivity index (χ2v) is 13.8. The molecule has 1 N–H and O–H groups in total. The van der Waals surface area contributed by atoms with Crippen molar-refractivity contribution in [2.24, 2.45) is 0 Å². The minimum Gasteiger partial charge on any atom is -0.308 e. The summed E-state index contributed by atoms with van der Waals surface area (Å²) >= 11 is 3.16. The molecule has 2 aromatic carbocycles. The zero-order valence-electron chi connectivity index (χ0n) is 19.6. The Bertz CT molecular complexity index is 1210. The highest BCUT2D eigenvalue weighted by Gasteiger charge is 2.39. The first-order valence-corrected chi connectivity index (χ1v) is 16.2. The standard InChI is InChI=1S/C23H31N2O5PS3/c1-4-7-15-32-23-24-20-14-13-19(17-21(20)33-23)34(27,28)25-22(16-18-11-9-8-10-12-18)31(26,29-5-2)30-6-3/h8-14,17,22,25H,4-7,15-16H2,1-3H3. The van der Waals surface area contributed by atoms with Crippen LogP contribution in [0.2, 0.25) is 0 Å². The van der Waals surface area contributed by atoms with Crippen LogP contribution in [0.4, 0.5) is 0 Å². The van der Waals surface area contributed by atoms with E-state index in [0.29, 0.717) is 0 Å². The quantitative estimate of drug-likeness (QED) is 0.145. The fourth-order valence-electron chi connectivity index (χ4n) is 3.30. The Morgan fingerprint density at radius 1 is 1.09 bits per heavy atom. The fraction of sp³-hybridized carbons (Fsp3) is 0.435. The maximum absolute atomic E-state index is 13.6. The molecule has 1 heterocycles. The van der Waals surface area contributed by atoms with E-state index in [4.69, 9.17) is 9.05 Å². The number of nitrogens with one attached hydrogen (secondary N) is 1. The van der Waals surface area contributed by atoms with Crippen molar-refractivity contribution in [3.05, 3.63) is 54.1 Å². The molecule has 0 amide bonds. The number of thiazole rings is 1. The van der Waals surface area contributed by atoms with Gasteiger partial charge in [-0.3, -0.25) is 4.57 Å². The second-order valence-electron chi connectivity index (χ2n) is 7.51. The number of thioether (sulfide) groups is 1. The van der Waals surface area contributed by atoms with E-state index in [0.717, 1.165) is 38.7 Å². The van der Waals surface area contributed by atoms with Crippen molar-refractivity contribution in [1.29, 1.82) is 0 Å². The van der Waals surface area contributed by atoms with Crippen molar-refractivity contribution in [3.63, 3.8) is 0 Å². The third-order valence-corrected chi connectivity index (χ3v) is 11.1. The number of benzene rings is 2. The van der Waals surface area contributed by atoms with Crippen LogP contribution in [-0.4, -0.2) is 38.2 Å². The minimum atomic E-state index is -4.01. The van der Waals surface area contributed by atoms with Gasteiger partial charge in [-0.15, -0.1) is 11.3 Å². The Morgan fingerprint density at radius 2 is 1.79 bits per heavy atom. The molecule has 0 fully saturated rings. The average Bonchev–Trinajstić information content (AvgIpc) is 3.22. The summed E-state index contributed by atoms with van der Waals surface area (Å²) in [7, 11) is -7.79. The van der Waals surface area contributed by atoms with Crippen molar-refractivity contribution in [3.8, 4) is 0 Å². The third-order valence-electron chi connectivity index (χ3n) is 4.94. The lowest BCUT2D eigenvalue weighted by Gasteiger charge is -2.27. The predicted octanol–water partition coefficient (Wildman–Crippen LogP) is 6.30. The molecule has 3 aromatic rings. The molecule has 3 rings (SSSR count). The van der Waals surface area contributed by atoms with Crippen LogP contribution in [0.3, 0.4) is 0 Å². The smallest absolute Gasteiger partial charge is 0.308 e. The molecule has 7 nitrogen and oxygen atoms in total. The topological polar surface area (TPSA) is 94.6 Å². The van der Waals surface area contributed by atoms with Crippen LogP contribution in [0.25, 0.3) is 10.2 Å². The molecule has 1 atom stereocenters. The van der Waals surface area contributed by atoms with Crippen LogP contribution < -0.4 is 4.72 Å². The van der Waals surface area contributed by atoms with Gasteiger partial charge in [-0.25, -0.2) is 13.4 Å². The Labute approximate surface area is 210 Å². The van der Waals surface area contributed by atoms with Gasteiger partial charge in [0.05, 0.1) is 28.3 Å². The van der Waals surface area contributed by atoms with Gasteiger partial charge in [-0.05, 0) is 44.0 Å². The Balaban J connectivity index is 1.90. The molecule has 11 heteroatoms. The number of sulfonamides is 1. The lowest BCUT2D eigenvalue weighted by atomic mass is 10.1. The van der Waals surface area contributed by atoms with E-state index < -0.39 is 23.4 Å². The average molecular weight is 543 g/mol. The largest absolute Gasteiger partial charge is 0.348 e. The number of hydrogen-bond donors (Lipinski definition) is 1. The summed E-state index contributed by atoms with van der Waals surface area (Å²) in [4.78, 5) is 4.68. The summed E-state index contributed by atoms with van der Waals surface area (Å²) in [6.45, 7) is 5.82. The van der Waals surface area contributed by atoms with Crippen molar-refractivity contribution in [2.45, 2.75) is 55.1 Å². The number of aromatic nitrogens is 1. The predicted molar refractivity (Wildman–Crippen MR) is 140 cm³/mol. The molecular weight excluding hydrogens is 511 g/mol. The van der Waals surface area contributed by atoms with E-state index in [-0.39, 0.29) is 24.5 Å². The molecule has 34 heavy (non-hydrogen) atoms. The third kappa shape index (κ3) is 7.13. The molecule has 0 radical (unpaired) electrons. The normalized spacial score (nSPS) is 13.4. The highest BCUT2D eigenvalue weighted by molar-refractivity contribution is 8.01. The molecule has 0 saturated heterocycles. The first kappa shape index (κ1) is 27.3. The number of unbranched alkanes of at least 4 members (excludes halogenated alkanes) is 1. The maximum Gasteiger partial charge on any atom is 0.348 e. The molecule has 0 aliphatic carbocycles. The Kier molecular flexibility index (Phi) is 10.1. The van der Waals surface area contributed by atoms with Crippen LogP contribution in [-0.2, 0) is 30.1 Å². The van der Waals surface area contributed by atoms with E-state index in [1.807, 2.05) is 30.3 Å². The summed E-state index contributed by atoms with van der Waals surface area (Å²) in [5, 5.41) is 0. The van der Waals surface area contributed by atoms with Gasteiger partial charge in [0, 0.05) is 12.2 Å². The zero-order valence-corrected chi connectivity index (χ0v) is 22.9. The molecule has 0 spiro atoms. The summed E-state index contributed by atoms with van der Waals surface area (Å²) in [5.74, 6) is -0.0916. The van der Waals surface area contributed by atoms with Crippen LogP contribution in [0.1, 0.15) is 39.2 Å². The highest BCUT2D eigenvalue weighted by atomic mass is 32.2. The molecule has 186 valence electrons. The molecule has 1 unspecified atom stereocenters. The van der Waals surface area contributed by atoms with Gasteiger partial charge in [-0.1, -0.05) is 55.4 Å². The van der Waals surface area contributed by atoms with Crippen molar-refractivity contribution >= 4 is 50.9 Å². The summed E-state index contributed by atoms with van der Waals surface area (Å²) in [6, 6.07) is 14.1. The van der Waals surface area contributed by atoms with E-state index in [9.17, 15) is 13.0 Å². The summed E-state index contributed by atoms with van der Waals surface area (Å²) < 4.78 is 55.7. The molecule has 0 bridgehead atoms. The van der Waals surface area contributed by atoms with Gasteiger partial charge < -0.3 is 9.05 Å². The van der Waals surface area contributed by atoms with Gasteiger partial charge in [0.25, 0.3) is 0 Å².